The summed E-state index contributed by atoms with van der Waals surface area (Å²) in [6.07, 6.45) is 0. The van der Waals surface area contributed by atoms with Crippen molar-refractivity contribution in [2.24, 2.45) is 0 Å². The number of nitrogens with one attached hydrogen (secondary N) is 1. The van der Waals surface area contributed by atoms with Gasteiger partial charge in [0.1, 0.15) is 5.69 Å². The number of hydrogen-bond acceptors (Lipinski definition) is 4. The molecule has 1 N–H and O–H groups in total. The van der Waals surface area contributed by atoms with Crippen LogP contribution in [0.15, 0.2) is 48.5 Å². The van der Waals surface area contributed by atoms with Gasteiger partial charge in [0.2, 0.25) is 5.91 Å². The van der Waals surface area contributed by atoms with E-state index in [1.165, 1.54) is 0 Å². The number of likely N-dealkylation sites (N-methyl/N-ethyl adjacent to an activating group) is 1. The standard InChI is InChI=1S/C20H21N5O/c1-3-25-20-15-9-5-4-8-14(15)13-24(18(26)12-21-2)17-11-7-6-10-16(17)19(20)22-23-25/h4-11,21H,3,12-13H2,1-2H3. The van der Waals surface area contributed by atoms with E-state index in [1.54, 1.807) is 7.05 Å². The second-order valence-corrected chi connectivity index (χ2v) is 6.29. The van der Waals surface area contributed by atoms with Gasteiger partial charge in [-0.2, -0.15) is 0 Å². The van der Waals surface area contributed by atoms with Gasteiger partial charge in [0.05, 0.1) is 24.5 Å². The molecule has 0 fully saturated rings. The highest BCUT2D eigenvalue weighted by Gasteiger charge is 2.28. The quantitative estimate of drug-likeness (QED) is 0.791. The fourth-order valence-electron chi connectivity index (χ4n) is 3.51. The van der Waals surface area contributed by atoms with Crippen LogP contribution < -0.4 is 10.2 Å². The molecule has 26 heavy (non-hydrogen) atoms. The van der Waals surface area contributed by atoms with Gasteiger partial charge in [-0.3, -0.25) is 4.79 Å². The number of para-hydroxylation sites is 1. The van der Waals surface area contributed by atoms with E-state index in [-0.39, 0.29) is 12.5 Å². The molecule has 6 nitrogen and oxygen atoms in total. The minimum atomic E-state index is 0.0288. The molecule has 1 aliphatic rings. The zero-order valence-corrected chi connectivity index (χ0v) is 14.9. The highest BCUT2D eigenvalue weighted by Crippen LogP contribution is 2.40. The van der Waals surface area contributed by atoms with Crippen molar-refractivity contribution in [1.82, 2.24) is 20.3 Å². The number of carbonyl (C=O) groups excluding carboxylic acids is 1. The molecule has 0 radical (unpaired) electrons. The van der Waals surface area contributed by atoms with E-state index in [0.717, 1.165) is 40.3 Å². The van der Waals surface area contributed by atoms with Crippen molar-refractivity contribution < 1.29 is 4.79 Å². The van der Waals surface area contributed by atoms with Crippen LogP contribution in [0.4, 0.5) is 5.69 Å². The Balaban J connectivity index is 2.02. The normalized spacial score (nSPS) is 12.6. The van der Waals surface area contributed by atoms with Crippen LogP contribution in [0.3, 0.4) is 0 Å². The van der Waals surface area contributed by atoms with E-state index in [0.29, 0.717) is 6.54 Å². The molecule has 1 aromatic heterocycles. The smallest absolute Gasteiger partial charge is 0.241 e. The minimum absolute atomic E-state index is 0.0288. The van der Waals surface area contributed by atoms with Crippen LogP contribution in [0.25, 0.3) is 22.5 Å². The van der Waals surface area contributed by atoms with Crippen LogP contribution >= 0.6 is 0 Å². The van der Waals surface area contributed by atoms with Gasteiger partial charge in [0.25, 0.3) is 0 Å². The largest absolute Gasteiger partial charge is 0.311 e. The van der Waals surface area contributed by atoms with Crippen LogP contribution in [0, 0.1) is 0 Å². The number of aryl methyl sites for hydroxylation is 1. The molecule has 2 heterocycles. The molecule has 0 atom stereocenters. The lowest BCUT2D eigenvalue weighted by atomic mass is 9.95. The Morgan fingerprint density at radius 3 is 2.62 bits per heavy atom. The second kappa shape index (κ2) is 6.72. The molecule has 132 valence electrons. The van der Waals surface area contributed by atoms with Crippen molar-refractivity contribution in [3.05, 3.63) is 54.1 Å². The molecule has 1 aliphatic heterocycles. The summed E-state index contributed by atoms with van der Waals surface area (Å²) in [5, 5.41) is 11.8. The lowest BCUT2D eigenvalue weighted by Gasteiger charge is -2.28. The number of amides is 1. The van der Waals surface area contributed by atoms with Gasteiger partial charge in [-0.25, -0.2) is 4.68 Å². The molecule has 0 spiro atoms. The topological polar surface area (TPSA) is 63.1 Å². The summed E-state index contributed by atoms with van der Waals surface area (Å²) in [5.74, 6) is 0.0288. The van der Waals surface area contributed by atoms with Crippen molar-refractivity contribution >= 4 is 11.6 Å². The van der Waals surface area contributed by atoms with E-state index < -0.39 is 0 Å². The maximum atomic E-state index is 12.8. The van der Waals surface area contributed by atoms with Crippen molar-refractivity contribution in [1.29, 1.82) is 0 Å². The van der Waals surface area contributed by atoms with Gasteiger partial charge in [-0.1, -0.05) is 47.7 Å². The van der Waals surface area contributed by atoms with E-state index >= 15 is 0 Å². The summed E-state index contributed by atoms with van der Waals surface area (Å²) < 4.78 is 1.93. The number of nitrogens with zero attached hydrogens (tertiary/aromatic N) is 4. The van der Waals surface area contributed by atoms with Gasteiger partial charge >= 0.3 is 0 Å². The molecule has 4 rings (SSSR count). The minimum Gasteiger partial charge on any atom is -0.311 e. The Bertz CT molecular complexity index is 962. The van der Waals surface area contributed by atoms with E-state index in [9.17, 15) is 4.79 Å². The average Bonchev–Trinajstić information content (AvgIpc) is 3.08. The molecule has 3 aromatic rings. The van der Waals surface area contributed by atoms with E-state index in [4.69, 9.17) is 0 Å². The maximum Gasteiger partial charge on any atom is 0.241 e. The predicted octanol–water partition coefficient (Wildman–Crippen LogP) is 2.70. The van der Waals surface area contributed by atoms with Crippen LogP contribution in [-0.4, -0.2) is 34.5 Å². The number of anilines is 1. The van der Waals surface area contributed by atoms with Crippen molar-refractivity contribution in [3.63, 3.8) is 0 Å². The summed E-state index contributed by atoms with van der Waals surface area (Å²) >= 11 is 0. The molecule has 0 bridgehead atoms. The zero-order chi connectivity index (χ0) is 18.1. The monoisotopic (exact) mass is 347 g/mol. The summed E-state index contributed by atoms with van der Waals surface area (Å²) in [7, 11) is 1.78. The molecule has 0 saturated heterocycles. The Labute approximate surface area is 152 Å². The molecular formula is C20H21N5O. The first-order chi connectivity index (χ1) is 12.7. The van der Waals surface area contributed by atoms with Crippen molar-refractivity contribution in [2.45, 2.75) is 20.0 Å². The Hall–Kier alpha value is -2.99. The Morgan fingerprint density at radius 1 is 1.12 bits per heavy atom. The zero-order valence-electron chi connectivity index (χ0n) is 14.9. The van der Waals surface area contributed by atoms with Gasteiger partial charge in [-0.15, -0.1) is 5.10 Å². The van der Waals surface area contributed by atoms with Crippen LogP contribution in [0.2, 0.25) is 0 Å². The third kappa shape index (κ3) is 2.59. The fourth-order valence-corrected chi connectivity index (χ4v) is 3.51. The first-order valence-electron chi connectivity index (χ1n) is 8.80. The summed E-state index contributed by atoms with van der Waals surface area (Å²) in [6, 6.07) is 16.1. The highest BCUT2D eigenvalue weighted by atomic mass is 16.2. The lowest BCUT2D eigenvalue weighted by Crippen LogP contribution is -2.37. The molecule has 2 aromatic carbocycles. The lowest BCUT2D eigenvalue weighted by molar-refractivity contribution is -0.117. The fraction of sp³-hybridized carbons (Fsp3) is 0.250. The molecule has 6 heteroatoms. The first kappa shape index (κ1) is 16.5. The first-order valence-corrected chi connectivity index (χ1v) is 8.80. The molecular weight excluding hydrogens is 326 g/mol. The number of hydrogen-bond donors (Lipinski definition) is 1. The molecule has 0 unspecified atom stereocenters. The van der Waals surface area contributed by atoms with Crippen LogP contribution in [0.1, 0.15) is 12.5 Å². The molecule has 1 amide bonds. The van der Waals surface area contributed by atoms with Gasteiger partial charge in [0.15, 0.2) is 0 Å². The highest BCUT2D eigenvalue weighted by molar-refractivity contribution is 6.00. The number of rotatable bonds is 3. The average molecular weight is 347 g/mol. The van der Waals surface area contributed by atoms with Crippen LogP contribution in [-0.2, 0) is 17.9 Å². The van der Waals surface area contributed by atoms with Gasteiger partial charge in [0, 0.05) is 17.7 Å². The van der Waals surface area contributed by atoms with Crippen molar-refractivity contribution in [3.8, 4) is 22.5 Å². The molecule has 0 saturated carbocycles. The summed E-state index contributed by atoms with van der Waals surface area (Å²) in [5.41, 5.74) is 5.79. The predicted molar refractivity (Wildman–Crippen MR) is 102 cm³/mol. The number of carbonyl (C=O) groups is 1. The third-order valence-corrected chi connectivity index (χ3v) is 4.71. The summed E-state index contributed by atoms with van der Waals surface area (Å²) in [6.45, 7) is 3.60. The Morgan fingerprint density at radius 2 is 1.85 bits per heavy atom. The summed E-state index contributed by atoms with van der Waals surface area (Å²) in [4.78, 5) is 14.7. The van der Waals surface area contributed by atoms with E-state index in [2.05, 4.69) is 34.7 Å². The van der Waals surface area contributed by atoms with Gasteiger partial charge in [-0.05, 0) is 25.6 Å². The number of fused-ring (bicyclic) bond motifs is 5. The number of aromatic nitrogens is 3. The third-order valence-electron chi connectivity index (χ3n) is 4.71. The second-order valence-electron chi connectivity index (χ2n) is 6.29. The van der Waals surface area contributed by atoms with Crippen molar-refractivity contribution in [2.75, 3.05) is 18.5 Å². The van der Waals surface area contributed by atoms with Gasteiger partial charge < -0.3 is 10.2 Å². The number of benzene rings is 2. The molecule has 0 aliphatic carbocycles. The maximum absolute atomic E-state index is 12.8. The van der Waals surface area contributed by atoms with Crippen LogP contribution in [0.5, 0.6) is 0 Å². The SMILES string of the molecule is CCn1nnc2c1-c1ccccc1CN(C(=O)CNC)c1ccccc1-2. The Kier molecular flexibility index (Phi) is 4.26. The van der Waals surface area contributed by atoms with E-state index in [1.807, 2.05) is 46.0 Å².